The van der Waals surface area contributed by atoms with E-state index in [2.05, 4.69) is 4.74 Å². The van der Waals surface area contributed by atoms with Crippen molar-refractivity contribution < 1.29 is 27.4 Å². The number of alkyl halides is 4. The van der Waals surface area contributed by atoms with Gasteiger partial charge >= 0.3 is 6.18 Å². The van der Waals surface area contributed by atoms with Crippen LogP contribution < -0.4 is 0 Å². The maximum atomic E-state index is 12.3. The number of hydrogen-bond acceptors (Lipinski definition) is 2. The first-order valence-electron chi connectivity index (χ1n) is 3.85. The van der Waals surface area contributed by atoms with Crippen LogP contribution in [0.3, 0.4) is 0 Å². The first-order chi connectivity index (χ1) is 5.95. The fourth-order valence-electron chi connectivity index (χ4n) is 0.686. The van der Waals surface area contributed by atoms with Gasteiger partial charge in [-0.2, -0.15) is 13.2 Å². The van der Waals surface area contributed by atoms with E-state index >= 15 is 0 Å². The van der Waals surface area contributed by atoms with E-state index in [1.807, 2.05) is 0 Å². The van der Waals surface area contributed by atoms with Crippen molar-refractivity contribution in [3.63, 3.8) is 0 Å². The standard InChI is InChI=1S/C7H12F4O2/c8-6(4-12)2-1-3-13-5-7(9,10)11/h6,12H,1-5H2. The molecule has 0 aliphatic heterocycles. The molecule has 0 saturated carbocycles. The summed E-state index contributed by atoms with van der Waals surface area (Å²) in [5.74, 6) is 0. The third-order valence-electron chi connectivity index (χ3n) is 1.27. The van der Waals surface area contributed by atoms with Gasteiger partial charge in [-0.1, -0.05) is 0 Å². The molecule has 0 aromatic carbocycles. The molecule has 80 valence electrons. The van der Waals surface area contributed by atoms with E-state index in [9.17, 15) is 17.6 Å². The highest BCUT2D eigenvalue weighted by molar-refractivity contribution is 4.53. The van der Waals surface area contributed by atoms with E-state index in [1.54, 1.807) is 0 Å². The van der Waals surface area contributed by atoms with Crippen LogP contribution in [0, 0.1) is 0 Å². The number of ether oxygens (including phenoxy) is 1. The topological polar surface area (TPSA) is 29.5 Å². The number of hydrogen-bond donors (Lipinski definition) is 1. The molecular formula is C7H12F4O2. The molecule has 1 N–H and O–H groups in total. The number of halogens is 4. The van der Waals surface area contributed by atoms with Crippen LogP contribution in [0.4, 0.5) is 17.6 Å². The van der Waals surface area contributed by atoms with E-state index in [-0.39, 0.29) is 19.4 Å². The van der Waals surface area contributed by atoms with Crippen molar-refractivity contribution in [1.82, 2.24) is 0 Å². The normalized spacial score (nSPS) is 14.5. The fourth-order valence-corrected chi connectivity index (χ4v) is 0.686. The van der Waals surface area contributed by atoms with Crippen molar-refractivity contribution in [3.05, 3.63) is 0 Å². The van der Waals surface area contributed by atoms with Crippen LogP contribution in [0.1, 0.15) is 12.8 Å². The van der Waals surface area contributed by atoms with Gasteiger partial charge in [0.05, 0.1) is 6.61 Å². The molecule has 0 amide bonds. The summed E-state index contributed by atoms with van der Waals surface area (Å²) < 4.78 is 50.9. The molecule has 2 nitrogen and oxygen atoms in total. The molecule has 13 heavy (non-hydrogen) atoms. The van der Waals surface area contributed by atoms with Gasteiger partial charge in [0.15, 0.2) is 0 Å². The SMILES string of the molecule is OCC(F)CCCOCC(F)(F)F. The van der Waals surface area contributed by atoms with Crippen LogP contribution in [0.5, 0.6) is 0 Å². The highest BCUT2D eigenvalue weighted by Crippen LogP contribution is 2.14. The maximum absolute atomic E-state index is 12.3. The molecule has 0 spiro atoms. The average Bonchev–Trinajstić information content (AvgIpc) is 2.01. The van der Waals surface area contributed by atoms with Gasteiger partial charge in [-0.15, -0.1) is 0 Å². The molecular weight excluding hydrogens is 192 g/mol. The van der Waals surface area contributed by atoms with E-state index in [0.717, 1.165) is 0 Å². The lowest BCUT2D eigenvalue weighted by molar-refractivity contribution is -0.174. The number of rotatable bonds is 6. The summed E-state index contributed by atoms with van der Waals surface area (Å²) in [4.78, 5) is 0. The van der Waals surface area contributed by atoms with Crippen molar-refractivity contribution in [1.29, 1.82) is 0 Å². The monoisotopic (exact) mass is 204 g/mol. The second-order valence-electron chi connectivity index (χ2n) is 2.59. The Hall–Kier alpha value is -0.360. The largest absolute Gasteiger partial charge is 0.411 e. The summed E-state index contributed by atoms with van der Waals surface area (Å²) in [5.41, 5.74) is 0. The van der Waals surface area contributed by atoms with Crippen molar-refractivity contribution in [2.24, 2.45) is 0 Å². The molecule has 0 aromatic rings. The van der Waals surface area contributed by atoms with Crippen molar-refractivity contribution >= 4 is 0 Å². The zero-order valence-electron chi connectivity index (χ0n) is 6.98. The van der Waals surface area contributed by atoms with Gasteiger partial charge in [0.1, 0.15) is 12.8 Å². The Labute approximate surface area is 73.5 Å². The van der Waals surface area contributed by atoms with Gasteiger partial charge in [0, 0.05) is 6.61 Å². The molecule has 0 heterocycles. The second kappa shape index (κ2) is 6.15. The first kappa shape index (κ1) is 12.6. The third kappa shape index (κ3) is 9.55. The van der Waals surface area contributed by atoms with Crippen LogP contribution >= 0.6 is 0 Å². The van der Waals surface area contributed by atoms with Gasteiger partial charge < -0.3 is 9.84 Å². The summed E-state index contributed by atoms with van der Waals surface area (Å²) >= 11 is 0. The van der Waals surface area contributed by atoms with Crippen LogP contribution in [0.25, 0.3) is 0 Å². The van der Waals surface area contributed by atoms with Crippen LogP contribution in [0.2, 0.25) is 0 Å². The zero-order valence-corrected chi connectivity index (χ0v) is 6.98. The summed E-state index contributed by atoms with van der Waals surface area (Å²) in [5, 5.41) is 8.22. The summed E-state index contributed by atoms with van der Waals surface area (Å²) in [6.07, 6.45) is -5.49. The first-order valence-corrected chi connectivity index (χ1v) is 3.85. The molecule has 0 radical (unpaired) electrons. The molecule has 0 rings (SSSR count). The Morgan fingerprint density at radius 2 is 1.92 bits per heavy atom. The Bertz CT molecular complexity index is 126. The number of aliphatic hydroxyl groups is 1. The van der Waals surface area contributed by atoms with Gasteiger partial charge in [0.2, 0.25) is 0 Å². The van der Waals surface area contributed by atoms with Gasteiger partial charge in [-0.05, 0) is 12.8 Å². The molecule has 1 unspecified atom stereocenters. The summed E-state index contributed by atoms with van der Waals surface area (Å²) in [7, 11) is 0. The maximum Gasteiger partial charge on any atom is 0.411 e. The van der Waals surface area contributed by atoms with Crippen LogP contribution in [-0.2, 0) is 4.74 Å². The molecule has 0 fully saturated rings. The lowest BCUT2D eigenvalue weighted by Gasteiger charge is -2.07. The quantitative estimate of drug-likeness (QED) is 0.526. The molecule has 1 atom stereocenters. The van der Waals surface area contributed by atoms with E-state index in [0.29, 0.717) is 0 Å². The molecule has 0 saturated heterocycles. The van der Waals surface area contributed by atoms with Crippen molar-refractivity contribution in [3.8, 4) is 0 Å². The molecule has 0 aliphatic carbocycles. The average molecular weight is 204 g/mol. The van der Waals surface area contributed by atoms with Crippen molar-refractivity contribution in [2.45, 2.75) is 25.2 Å². The Morgan fingerprint density at radius 3 is 2.38 bits per heavy atom. The molecule has 0 aromatic heterocycles. The van der Waals surface area contributed by atoms with E-state index < -0.39 is 25.6 Å². The van der Waals surface area contributed by atoms with Crippen LogP contribution in [0.15, 0.2) is 0 Å². The summed E-state index contributed by atoms with van der Waals surface area (Å²) in [6.45, 7) is -2.04. The Morgan fingerprint density at radius 1 is 1.31 bits per heavy atom. The highest BCUT2D eigenvalue weighted by atomic mass is 19.4. The molecule has 0 bridgehead atoms. The predicted molar refractivity (Wildman–Crippen MR) is 38.1 cm³/mol. The van der Waals surface area contributed by atoms with Gasteiger partial charge in [-0.3, -0.25) is 0 Å². The van der Waals surface area contributed by atoms with E-state index in [1.165, 1.54) is 0 Å². The van der Waals surface area contributed by atoms with E-state index in [4.69, 9.17) is 5.11 Å². The highest BCUT2D eigenvalue weighted by Gasteiger charge is 2.27. The molecule has 0 aliphatic rings. The Kier molecular flexibility index (Phi) is 5.98. The van der Waals surface area contributed by atoms with Crippen molar-refractivity contribution in [2.75, 3.05) is 19.8 Å². The lowest BCUT2D eigenvalue weighted by atomic mass is 10.2. The lowest BCUT2D eigenvalue weighted by Crippen LogP contribution is -2.18. The molecule has 6 heteroatoms. The minimum absolute atomic E-state index is 0.0222. The van der Waals surface area contributed by atoms with Crippen LogP contribution in [-0.4, -0.2) is 37.3 Å². The minimum atomic E-state index is -4.33. The summed E-state index contributed by atoms with van der Waals surface area (Å²) in [6, 6.07) is 0. The Balaban J connectivity index is 3.18. The smallest absolute Gasteiger partial charge is 0.393 e. The zero-order chi connectivity index (χ0) is 10.3. The minimum Gasteiger partial charge on any atom is -0.393 e. The fraction of sp³-hybridized carbons (Fsp3) is 1.00. The number of aliphatic hydroxyl groups excluding tert-OH is 1. The van der Waals surface area contributed by atoms with Gasteiger partial charge in [-0.25, -0.2) is 4.39 Å². The second-order valence-corrected chi connectivity index (χ2v) is 2.59. The predicted octanol–water partition coefficient (Wildman–Crippen LogP) is 1.68. The van der Waals surface area contributed by atoms with Gasteiger partial charge in [0.25, 0.3) is 0 Å². The third-order valence-corrected chi connectivity index (χ3v) is 1.27.